The van der Waals surface area contributed by atoms with Crippen LogP contribution in [0.4, 0.5) is 0 Å². The zero-order chi connectivity index (χ0) is 9.97. The zero-order valence-electron chi connectivity index (χ0n) is 7.35. The van der Waals surface area contributed by atoms with Crippen LogP contribution in [-0.2, 0) is 0 Å². The van der Waals surface area contributed by atoms with Gasteiger partial charge in [-0.2, -0.15) is 0 Å². The second-order valence-corrected chi connectivity index (χ2v) is 3.63. The van der Waals surface area contributed by atoms with Crippen molar-refractivity contribution in [3.63, 3.8) is 0 Å². The van der Waals surface area contributed by atoms with E-state index in [1.165, 1.54) is 0 Å². The molecule has 1 atom stereocenters. The Kier molecular flexibility index (Phi) is 2.65. The Labute approximate surface area is 90.1 Å². The number of hydrogen-bond donors (Lipinski definition) is 1. The number of hydrogen-bond acceptors (Lipinski definition) is 3. The van der Waals surface area contributed by atoms with Crippen LogP contribution in [0.3, 0.4) is 0 Å². The molecule has 1 unspecified atom stereocenters. The summed E-state index contributed by atoms with van der Waals surface area (Å²) in [7, 11) is 0. The minimum atomic E-state index is -0.197. The van der Waals surface area contributed by atoms with Crippen molar-refractivity contribution in [2.45, 2.75) is 6.04 Å². The Morgan fingerprint density at radius 2 is 2.29 bits per heavy atom. The van der Waals surface area contributed by atoms with E-state index < -0.39 is 0 Å². The lowest BCUT2D eigenvalue weighted by Crippen LogP contribution is -2.11. The summed E-state index contributed by atoms with van der Waals surface area (Å²) >= 11 is 3.30. The fraction of sp³-hybridized carbons (Fsp3) is 0.100. The summed E-state index contributed by atoms with van der Waals surface area (Å²) in [6.07, 6.45) is 5.08. The number of nitrogens with zero attached hydrogens (tertiary/aromatic N) is 1. The van der Waals surface area contributed by atoms with Gasteiger partial charge in [0.05, 0.1) is 12.3 Å². The highest BCUT2D eigenvalue weighted by Crippen LogP contribution is 2.26. The average Bonchev–Trinajstić information content (AvgIpc) is 2.65. The van der Waals surface area contributed by atoms with E-state index >= 15 is 0 Å². The van der Waals surface area contributed by atoms with E-state index in [2.05, 4.69) is 20.9 Å². The van der Waals surface area contributed by atoms with E-state index in [1.807, 2.05) is 18.2 Å². The van der Waals surface area contributed by atoms with Gasteiger partial charge in [-0.15, -0.1) is 0 Å². The molecule has 14 heavy (non-hydrogen) atoms. The number of rotatable bonds is 2. The Bertz CT molecular complexity index is 413. The van der Waals surface area contributed by atoms with Crippen molar-refractivity contribution >= 4 is 15.9 Å². The number of nitrogens with two attached hydrogens (primary N) is 1. The van der Waals surface area contributed by atoms with Crippen molar-refractivity contribution in [2.75, 3.05) is 0 Å². The molecule has 0 fully saturated rings. The van der Waals surface area contributed by atoms with Crippen LogP contribution in [0, 0.1) is 0 Å². The van der Waals surface area contributed by atoms with E-state index in [9.17, 15) is 0 Å². The average molecular weight is 253 g/mol. The standard InChI is InChI=1S/C10H9BrN2O/c11-10-8(3-5-14-10)9(12)7-2-1-4-13-6-7/h1-6,9H,12H2. The second kappa shape index (κ2) is 3.94. The van der Waals surface area contributed by atoms with Crippen LogP contribution in [0.1, 0.15) is 17.2 Å². The van der Waals surface area contributed by atoms with Crippen molar-refractivity contribution in [1.29, 1.82) is 0 Å². The van der Waals surface area contributed by atoms with Gasteiger partial charge in [0.15, 0.2) is 4.67 Å². The highest BCUT2D eigenvalue weighted by molar-refractivity contribution is 9.10. The SMILES string of the molecule is NC(c1cccnc1)c1ccoc1Br. The molecule has 2 rings (SSSR count). The zero-order valence-corrected chi connectivity index (χ0v) is 8.94. The molecule has 0 saturated heterocycles. The van der Waals surface area contributed by atoms with Gasteiger partial charge < -0.3 is 10.2 Å². The molecule has 2 heterocycles. The molecule has 0 radical (unpaired) electrons. The third-order valence-corrected chi connectivity index (χ3v) is 2.67. The first-order chi connectivity index (χ1) is 6.79. The maximum atomic E-state index is 6.03. The molecular formula is C10H9BrN2O. The molecule has 0 saturated carbocycles. The van der Waals surface area contributed by atoms with Gasteiger partial charge in [0.25, 0.3) is 0 Å². The van der Waals surface area contributed by atoms with Gasteiger partial charge in [-0.25, -0.2) is 0 Å². The molecule has 0 aliphatic carbocycles. The van der Waals surface area contributed by atoms with Crippen molar-refractivity contribution in [3.05, 3.63) is 52.7 Å². The molecule has 0 aliphatic heterocycles. The quantitative estimate of drug-likeness (QED) is 0.894. The number of halogens is 1. The molecule has 0 bridgehead atoms. The molecule has 3 nitrogen and oxygen atoms in total. The predicted molar refractivity (Wildman–Crippen MR) is 56.7 cm³/mol. The normalized spacial score (nSPS) is 12.7. The molecule has 2 aromatic rings. The van der Waals surface area contributed by atoms with Crippen molar-refractivity contribution in [3.8, 4) is 0 Å². The van der Waals surface area contributed by atoms with Crippen LogP contribution in [-0.4, -0.2) is 4.98 Å². The van der Waals surface area contributed by atoms with Crippen LogP contribution in [0.15, 0.2) is 45.9 Å². The van der Waals surface area contributed by atoms with E-state index in [1.54, 1.807) is 18.7 Å². The maximum Gasteiger partial charge on any atom is 0.174 e. The third-order valence-electron chi connectivity index (χ3n) is 2.02. The molecular weight excluding hydrogens is 244 g/mol. The molecule has 2 aromatic heterocycles. The van der Waals surface area contributed by atoms with Gasteiger partial charge in [-0.1, -0.05) is 6.07 Å². The van der Waals surface area contributed by atoms with Gasteiger partial charge in [0.2, 0.25) is 0 Å². The highest BCUT2D eigenvalue weighted by Gasteiger charge is 2.13. The Hall–Kier alpha value is -1.13. The van der Waals surface area contributed by atoms with Gasteiger partial charge in [0, 0.05) is 18.0 Å². The Balaban J connectivity index is 2.34. The molecule has 0 aliphatic rings. The minimum absolute atomic E-state index is 0.197. The van der Waals surface area contributed by atoms with Crippen LogP contribution in [0.2, 0.25) is 0 Å². The lowest BCUT2D eigenvalue weighted by Gasteiger charge is -2.09. The van der Waals surface area contributed by atoms with Crippen molar-refractivity contribution < 1.29 is 4.42 Å². The second-order valence-electron chi connectivity index (χ2n) is 2.91. The monoisotopic (exact) mass is 252 g/mol. The number of pyridine rings is 1. The minimum Gasteiger partial charge on any atom is -0.457 e. The highest BCUT2D eigenvalue weighted by atomic mass is 79.9. The van der Waals surface area contributed by atoms with Gasteiger partial charge >= 0.3 is 0 Å². The molecule has 72 valence electrons. The topological polar surface area (TPSA) is 52.0 Å². The summed E-state index contributed by atoms with van der Waals surface area (Å²) in [5.41, 5.74) is 7.93. The summed E-state index contributed by atoms with van der Waals surface area (Å²) < 4.78 is 5.80. The van der Waals surface area contributed by atoms with Crippen LogP contribution in [0.5, 0.6) is 0 Å². The number of furan rings is 1. The summed E-state index contributed by atoms with van der Waals surface area (Å²) in [5.74, 6) is 0. The van der Waals surface area contributed by atoms with Crippen LogP contribution < -0.4 is 5.73 Å². The third kappa shape index (κ3) is 1.71. The molecule has 0 aromatic carbocycles. The van der Waals surface area contributed by atoms with Gasteiger partial charge in [-0.05, 0) is 33.6 Å². The van der Waals surface area contributed by atoms with E-state index in [4.69, 9.17) is 10.2 Å². The summed E-state index contributed by atoms with van der Waals surface area (Å²) in [4.78, 5) is 4.02. The van der Waals surface area contributed by atoms with Gasteiger partial charge in [-0.3, -0.25) is 4.98 Å². The first-order valence-electron chi connectivity index (χ1n) is 4.17. The summed E-state index contributed by atoms with van der Waals surface area (Å²) in [5, 5.41) is 0. The fourth-order valence-electron chi connectivity index (χ4n) is 1.27. The molecule has 2 N–H and O–H groups in total. The van der Waals surface area contributed by atoms with Crippen LogP contribution >= 0.6 is 15.9 Å². The Morgan fingerprint density at radius 1 is 1.43 bits per heavy atom. The van der Waals surface area contributed by atoms with E-state index in [0.717, 1.165) is 11.1 Å². The predicted octanol–water partition coefficient (Wildman–Crippen LogP) is 2.49. The first-order valence-corrected chi connectivity index (χ1v) is 4.96. The van der Waals surface area contributed by atoms with Crippen molar-refractivity contribution in [2.24, 2.45) is 5.73 Å². The molecule has 4 heteroatoms. The van der Waals surface area contributed by atoms with E-state index in [-0.39, 0.29) is 6.04 Å². The first kappa shape index (κ1) is 9.43. The lowest BCUT2D eigenvalue weighted by atomic mass is 10.0. The molecule has 0 spiro atoms. The van der Waals surface area contributed by atoms with Crippen LogP contribution in [0.25, 0.3) is 0 Å². The number of aromatic nitrogens is 1. The molecule has 0 amide bonds. The summed E-state index contributed by atoms with van der Waals surface area (Å²) in [6.45, 7) is 0. The fourth-order valence-corrected chi connectivity index (χ4v) is 1.75. The largest absolute Gasteiger partial charge is 0.457 e. The smallest absolute Gasteiger partial charge is 0.174 e. The van der Waals surface area contributed by atoms with Crippen molar-refractivity contribution in [1.82, 2.24) is 4.98 Å². The van der Waals surface area contributed by atoms with Gasteiger partial charge in [0.1, 0.15) is 0 Å². The Morgan fingerprint density at radius 3 is 2.86 bits per heavy atom. The van der Waals surface area contributed by atoms with E-state index in [0.29, 0.717) is 4.67 Å². The maximum absolute atomic E-state index is 6.03. The lowest BCUT2D eigenvalue weighted by molar-refractivity contribution is 0.534. The summed E-state index contributed by atoms with van der Waals surface area (Å²) in [6, 6.07) is 5.46.